The molecule has 160 valence electrons. The van der Waals surface area contributed by atoms with Crippen LogP contribution >= 0.6 is 11.8 Å². The van der Waals surface area contributed by atoms with E-state index < -0.39 is 0 Å². The van der Waals surface area contributed by atoms with E-state index in [1.165, 1.54) is 29.5 Å². The van der Waals surface area contributed by atoms with Crippen molar-refractivity contribution in [2.24, 2.45) is 5.92 Å². The second kappa shape index (κ2) is 8.59. The van der Waals surface area contributed by atoms with Crippen molar-refractivity contribution in [2.45, 2.75) is 17.5 Å². The summed E-state index contributed by atoms with van der Waals surface area (Å²) in [4.78, 5) is 25.1. The smallest absolute Gasteiger partial charge is 0.229 e. The summed E-state index contributed by atoms with van der Waals surface area (Å²) >= 11 is 1.50. The van der Waals surface area contributed by atoms with E-state index in [1.54, 1.807) is 18.3 Å². The van der Waals surface area contributed by atoms with Gasteiger partial charge < -0.3 is 10.3 Å². The van der Waals surface area contributed by atoms with E-state index in [2.05, 4.69) is 27.4 Å². The fourth-order valence-corrected chi connectivity index (χ4v) is 4.29. The van der Waals surface area contributed by atoms with Crippen molar-refractivity contribution in [3.63, 3.8) is 0 Å². The summed E-state index contributed by atoms with van der Waals surface area (Å²) in [5.41, 5.74) is 4.37. The van der Waals surface area contributed by atoms with Crippen molar-refractivity contribution >= 4 is 23.5 Å². The molecule has 0 bridgehead atoms. The van der Waals surface area contributed by atoms with Crippen LogP contribution in [0.15, 0.2) is 78.1 Å². The standard InChI is InChI=1S/C25H21FN4OS/c1-32-25-29-22(16-7-9-18(26)10-8-16)23(30-25)17-11-12-27-21(13-17)28-24(31)20-14-19(20)15-5-3-2-4-6-15/h2-13,19-20H,14H2,1H3,(H,29,30)(H,27,28,31)/t19-,20+/m0/s1. The Bertz CT molecular complexity index is 1260. The van der Waals surface area contributed by atoms with Gasteiger partial charge in [-0.1, -0.05) is 42.1 Å². The van der Waals surface area contributed by atoms with Gasteiger partial charge in [-0.25, -0.2) is 14.4 Å². The Morgan fingerprint density at radius 1 is 1.09 bits per heavy atom. The average molecular weight is 445 g/mol. The lowest BCUT2D eigenvalue weighted by molar-refractivity contribution is -0.117. The quantitative estimate of drug-likeness (QED) is 0.372. The van der Waals surface area contributed by atoms with E-state index in [9.17, 15) is 9.18 Å². The number of hydrogen-bond acceptors (Lipinski definition) is 4. The van der Waals surface area contributed by atoms with Gasteiger partial charge >= 0.3 is 0 Å². The largest absolute Gasteiger partial charge is 0.332 e. The Hall–Kier alpha value is -3.45. The number of thioether (sulfide) groups is 1. The maximum Gasteiger partial charge on any atom is 0.229 e. The predicted molar refractivity (Wildman–Crippen MR) is 125 cm³/mol. The van der Waals surface area contributed by atoms with Crippen LogP contribution in [0.4, 0.5) is 10.2 Å². The molecule has 0 aliphatic heterocycles. The zero-order valence-electron chi connectivity index (χ0n) is 17.4. The molecule has 0 spiro atoms. The van der Waals surface area contributed by atoms with Crippen LogP contribution in [0, 0.1) is 11.7 Å². The molecule has 32 heavy (non-hydrogen) atoms. The summed E-state index contributed by atoms with van der Waals surface area (Å²) in [6, 6.07) is 20.1. The fraction of sp³-hybridized carbons (Fsp3) is 0.160. The van der Waals surface area contributed by atoms with Crippen molar-refractivity contribution in [3.05, 3.63) is 84.3 Å². The third-order valence-electron chi connectivity index (χ3n) is 5.65. The molecule has 4 aromatic rings. The van der Waals surface area contributed by atoms with E-state index in [1.807, 2.05) is 36.6 Å². The lowest BCUT2D eigenvalue weighted by Gasteiger charge is -2.07. The normalized spacial score (nSPS) is 17.2. The lowest BCUT2D eigenvalue weighted by Crippen LogP contribution is -2.15. The summed E-state index contributed by atoms with van der Waals surface area (Å²) in [5.74, 6) is 0.410. The molecule has 1 amide bonds. The molecule has 2 heterocycles. The highest BCUT2D eigenvalue weighted by Gasteiger charge is 2.43. The van der Waals surface area contributed by atoms with E-state index >= 15 is 0 Å². The molecular formula is C25H21FN4OS. The number of anilines is 1. The molecule has 5 nitrogen and oxygen atoms in total. The summed E-state index contributed by atoms with van der Waals surface area (Å²) in [6.07, 6.45) is 4.45. The highest BCUT2D eigenvalue weighted by atomic mass is 32.2. The van der Waals surface area contributed by atoms with Crippen LogP contribution in [0.25, 0.3) is 22.5 Å². The first-order valence-electron chi connectivity index (χ1n) is 10.3. The van der Waals surface area contributed by atoms with Gasteiger partial charge in [0.15, 0.2) is 5.16 Å². The van der Waals surface area contributed by atoms with Gasteiger partial charge in [0.05, 0.1) is 11.4 Å². The number of benzene rings is 2. The Morgan fingerprint density at radius 2 is 1.88 bits per heavy atom. The number of hydrogen-bond donors (Lipinski definition) is 2. The topological polar surface area (TPSA) is 70.7 Å². The van der Waals surface area contributed by atoms with Crippen molar-refractivity contribution in [2.75, 3.05) is 11.6 Å². The average Bonchev–Trinajstić information content (AvgIpc) is 3.52. The van der Waals surface area contributed by atoms with Crippen LogP contribution in [0.2, 0.25) is 0 Å². The molecule has 2 aromatic carbocycles. The van der Waals surface area contributed by atoms with E-state index in [4.69, 9.17) is 4.98 Å². The van der Waals surface area contributed by atoms with E-state index in [0.29, 0.717) is 5.82 Å². The molecule has 2 aromatic heterocycles. The Morgan fingerprint density at radius 3 is 2.62 bits per heavy atom. The number of carbonyl (C=O) groups excluding carboxylic acids is 1. The lowest BCUT2D eigenvalue weighted by atomic mass is 10.1. The first kappa shape index (κ1) is 20.5. The zero-order chi connectivity index (χ0) is 22.1. The molecule has 1 fully saturated rings. The molecule has 1 aliphatic rings. The van der Waals surface area contributed by atoms with Gasteiger partial charge in [0.25, 0.3) is 0 Å². The monoisotopic (exact) mass is 444 g/mol. The van der Waals surface area contributed by atoms with Gasteiger partial charge in [-0.15, -0.1) is 0 Å². The number of imidazole rings is 1. The minimum absolute atomic E-state index is 0.0194. The molecule has 2 atom stereocenters. The molecule has 1 aliphatic carbocycles. The van der Waals surface area contributed by atoms with Gasteiger partial charge in [0, 0.05) is 23.2 Å². The maximum absolute atomic E-state index is 13.4. The number of aromatic nitrogens is 3. The number of nitrogens with one attached hydrogen (secondary N) is 2. The number of H-pyrrole nitrogens is 1. The second-order valence-corrected chi connectivity index (χ2v) is 8.55. The number of halogens is 1. The molecule has 0 saturated heterocycles. The molecular weight excluding hydrogens is 423 g/mol. The first-order chi connectivity index (χ1) is 15.6. The third-order valence-corrected chi connectivity index (χ3v) is 6.23. The second-order valence-electron chi connectivity index (χ2n) is 7.75. The summed E-state index contributed by atoms with van der Waals surface area (Å²) in [5, 5.41) is 3.71. The summed E-state index contributed by atoms with van der Waals surface area (Å²) in [7, 11) is 0. The van der Waals surface area contributed by atoms with Crippen LogP contribution in [0.5, 0.6) is 0 Å². The highest BCUT2D eigenvalue weighted by molar-refractivity contribution is 7.98. The molecule has 5 rings (SSSR count). The molecule has 0 unspecified atom stereocenters. The number of pyridine rings is 1. The molecule has 0 radical (unpaired) electrons. The Balaban J connectivity index is 1.38. The van der Waals surface area contributed by atoms with E-state index in [0.717, 1.165) is 34.1 Å². The number of aromatic amines is 1. The SMILES string of the molecule is CSc1nc(-c2ccnc(NC(=O)[C@@H]3C[C@H]3c3ccccc3)c2)c(-c2ccc(F)cc2)[nH]1. The zero-order valence-corrected chi connectivity index (χ0v) is 18.2. The minimum Gasteiger partial charge on any atom is -0.332 e. The summed E-state index contributed by atoms with van der Waals surface area (Å²) in [6.45, 7) is 0. The van der Waals surface area contributed by atoms with Crippen molar-refractivity contribution < 1.29 is 9.18 Å². The maximum atomic E-state index is 13.4. The Kier molecular flexibility index (Phi) is 5.49. The van der Waals surface area contributed by atoms with Crippen LogP contribution in [0.1, 0.15) is 17.9 Å². The van der Waals surface area contributed by atoms with Gasteiger partial charge in [0.1, 0.15) is 11.6 Å². The highest BCUT2D eigenvalue weighted by Crippen LogP contribution is 2.47. The Labute approximate surface area is 189 Å². The minimum atomic E-state index is -0.289. The molecule has 1 saturated carbocycles. The van der Waals surface area contributed by atoms with Crippen molar-refractivity contribution in [1.82, 2.24) is 15.0 Å². The van der Waals surface area contributed by atoms with Gasteiger partial charge in [-0.3, -0.25) is 4.79 Å². The van der Waals surface area contributed by atoms with Crippen molar-refractivity contribution in [3.8, 4) is 22.5 Å². The number of nitrogens with zero attached hydrogens (tertiary/aromatic N) is 2. The van der Waals surface area contributed by atoms with Gasteiger partial charge in [-0.2, -0.15) is 0 Å². The summed E-state index contributed by atoms with van der Waals surface area (Å²) < 4.78 is 13.4. The van der Waals surface area contributed by atoms with Crippen LogP contribution in [-0.2, 0) is 4.79 Å². The number of carbonyl (C=O) groups is 1. The van der Waals surface area contributed by atoms with Crippen molar-refractivity contribution in [1.29, 1.82) is 0 Å². The van der Waals surface area contributed by atoms with Crippen LogP contribution < -0.4 is 5.32 Å². The number of rotatable bonds is 6. The van der Waals surface area contributed by atoms with Crippen LogP contribution in [-0.4, -0.2) is 27.1 Å². The first-order valence-corrected chi connectivity index (χ1v) is 11.6. The molecule has 7 heteroatoms. The number of amides is 1. The molecule has 2 N–H and O–H groups in total. The predicted octanol–water partition coefficient (Wildman–Crippen LogP) is 5.74. The van der Waals surface area contributed by atoms with Gasteiger partial charge in [0.2, 0.25) is 5.91 Å². The van der Waals surface area contributed by atoms with Gasteiger partial charge in [-0.05, 0) is 60.6 Å². The van der Waals surface area contributed by atoms with E-state index in [-0.39, 0.29) is 23.6 Å². The van der Waals surface area contributed by atoms with Crippen LogP contribution in [0.3, 0.4) is 0 Å². The fourth-order valence-electron chi connectivity index (χ4n) is 3.90. The third kappa shape index (κ3) is 4.16.